The molecule has 0 saturated carbocycles. The van der Waals surface area contributed by atoms with Gasteiger partial charge in [0.05, 0.1) is 0 Å². The van der Waals surface area contributed by atoms with Gasteiger partial charge in [-0.05, 0) is 0 Å². The second-order valence-corrected chi connectivity index (χ2v) is 0. The van der Waals surface area contributed by atoms with Crippen molar-refractivity contribution in [1.82, 2.24) is 0 Å². The predicted molar refractivity (Wildman–Crippen MR) is 0 cm³/mol. The van der Waals surface area contributed by atoms with E-state index in [1.165, 1.54) is 0 Å². The van der Waals surface area contributed by atoms with Gasteiger partial charge in [-0.3, -0.25) is 0 Å². The summed E-state index contributed by atoms with van der Waals surface area (Å²) in [6, 6.07) is 0. The molecule has 0 rings (SSSR count). The molecule has 0 amide bonds. The van der Waals surface area contributed by atoms with Gasteiger partial charge in [0, 0.05) is 219 Å². The van der Waals surface area contributed by atoms with Gasteiger partial charge in [0.15, 0.2) is 0 Å². The summed E-state index contributed by atoms with van der Waals surface area (Å²) in [5, 5.41) is 0. The van der Waals surface area contributed by atoms with Gasteiger partial charge < -0.3 is 0 Å². The molecule has 0 aromatic rings. The van der Waals surface area contributed by atoms with E-state index in [-0.39, 0.29) is 219 Å². The first-order valence-electron chi connectivity index (χ1n) is 0. The Morgan fingerprint density at radius 1 is 0.154 bits per heavy atom. The van der Waals surface area contributed by atoms with Gasteiger partial charge >= 0.3 is 0 Å². The molecule has 0 saturated heterocycles. The van der Waals surface area contributed by atoms with Crippen molar-refractivity contribution in [1.29, 1.82) is 0 Å². The van der Waals surface area contributed by atoms with Crippen molar-refractivity contribution in [3.8, 4) is 0 Å². The molecule has 13 heteroatoms. The third-order valence-electron chi connectivity index (χ3n) is 0. The van der Waals surface area contributed by atoms with E-state index >= 15 is 0 Å². The van der Waals surface area contributed by atoms with E-state index in [4.69, 9.17) is 0 Å². The molecule has 0 unspecified atom stereocenters. The largest absolute Gasteiger partial charge is 0 e. The minimum Gasteiger partial charge on any atom is 0 e. The number of rotatable bonds is 0. The normalized spacial score (nSPS) is 0. The Morgan fingerprint density at radius 3 is 0.154 bits per heavy atom. The minimum atomic E-state index is 0. The van der Waals surface area contributed by atoms with E-state index in [2.05, 4.69) is 0 Å². The zero-order valence-electron chi connectivity index (χ0n) is 3.99. The molecular weight excluding hydrogens is 802 g/mol. The molecule has 0 aliphatic rings. The molecule has 13 heavy (non-hydrogen) atoms. The van der Waals surface area contributed by atoms with E-state index in [1.54, 1.807) is 0 Å². The smallest absolute Gasteiger partial charge is 0 e. The minimum absolute atomic E-state index is 0. The van der Waals surface area contributed by atoms with Gasteiger partial charge in [-0.1, -0.05) is 0 Å². The summed E-state index contributed by atoms with van der Waals surface area (Å²) in [6.45, 7) is 0. The van der Waals surface area contributed by atoms with Crippen molar-refractivity contribution in [3.63, 3.8) is 0 Å². The Kier molecular flexibility index (Phi) is 1570. The Labute approximate surface area is 214 Å². The van der Waals surface area contributed by atoms with E-state index in [0.717, 1.165) is 0 Å². The SMILES string of the molecule is [Cu].[Cu].[Cu].[Cu].[Cu].[Cu].[Cu].[Cu].[Ni].[Ni].[Ni].[Ni].[Ni]. The number of hydrogen-bond donors (Lipinski definition) is 0. The van der Waals surface area contributed by atoms with Gasteiger partial charge in [0.2, 0.25) is 0 Å². The average Bonchev–Trinajstić information content (AvgIpc) is 0. The maximum atomic E-state index is 0. The Bertz CT molecular complexity index is 12.5. The molecule has 0 aliphatic heterocycles. The summed E-state index contributed by atoms with van der Waals surface area (Å²) in [5.41, 5.74) is 0. The quantitative estimate of drug-likeness (QED) is 0.303. The zero-order valence-corrected chi connectivity index (χ0v) is 16.5. The summed E-state index contributed by atoms with van der Waals surface area (Å²) >= 11 is 0. The van der Waals surface area contributed by atoms with Crippen LogP contribution in [-0.2, 0) is 219 Å². The van der Waals surface area contributed by atoms with Crippen LogP contribution in [0.4, 0.5) is 0 Å². The van der Waals surface area contributed by atoms with Crippen LogP contribution in [0.3, 0.4) is 0 Å². The molecule has 0 spiro atoms. The molecule has 0 bridgehead atoms. The van der Waals surface area contributed by atoms with Crippen LogP contribution in [0.25, 0.3) is 0 Å². The first-order chi connectivity index (χ1) is 0. The van der Waals surface area contributed by atoms with Crippen LogP contribution < -0.4 is 0 Å². The second kappa shape index (κ2) is 132. The first kappa shape index (κ1) is 155. The van der Waals surface area contributed by atoms with Crippen molar-refractivity contribution in [3.05, 3.63) is 0 Å². The van der Waals surface area contributed by atoms with Gasteiger partial charge in [-0.15, -0.1) is 0 Å². The third-order valence-corrected chi connectivity index (χ3v) is 0. The van der Waals surface area contributed by atoms with Crippen molar-refractivity contribution < 1.29 is 219 Å². The Morgan fingerprint density at radius 2 is 0.154 bits per heavy atom. The standard InChI is InChI=1S/8Cu.5Ni. The van der Waals surface area contributed by atoms with Gasteiger partial charge in [-0.25, -0.2) is 0 Å². The summed E-state index contributed by atoms with van der Waals surface area (Å²) in [7, 11) is 0. The van der Waals surface area contributed by atoms with Gasteiger partial charge in [0.25, 0.3) is 0 Å². The number of hydrogen-bond acceptors (Lipinski definition) is 0. The van der Waals surface area contributed by atoms with Crippen molar-refractivity contribution >= 4 is 0 Å². The fraction of sp³-hybridized carbons (Fsp3) is 0. The molecular formula is Cu8Ni5. The molecule has 0 aromatic carbocycles. The van der Waals surface area contributed by atoms with Crippen molar-refractivity contribution in [2.24, 2.45) is 0 Å². The fourth-order valence-corrected chi connectivity index (χ4v) is 0. The molecule has 138 valence electrons. The Hall–Kier alpha value is 6.62. The molecule has 8 radical (unpaired) electrons. The van der Waals surface area contributed by atoms with Gasteiger partial charge in [0.1, 0.15) is 0 Å². The van der Waals surface area contributed by atoms with Crippen LogP contribution >= 0.6 is 0 Å². The van der Waals surface area contributed by atoms with Crippen LogP contribution in [0.15, 0.2) is 0 Å². The molecule has 0 aromatic heterocycles. The molecule has 0 fully saturated rings. The van der Waals surface area contributed by atoms with E-state index in [9.17, 15) is 0 Å². The molecule has 0 heterocycles. The molecule has 0 N–H and O–H groups in total. The van der Waals surface area contributed by atoms with Gasteiger partial charge in [-0.2, -0.15) is 0 Å². The van der Waals surface area contributed by atoms with Crippen LogP contribution in [0.5, 0.6) is 0 Å². The van der Waals surface area contributed by atoms with Crippen molar-refractivity contribution in [2.45, 2.75) is 0 Å². The molecule has 0 atom stereocenters. The maximum absolute atomic E-state index is 0. The Balaban J connectivity index is 0. The predicted octanol–water partition coefficient (Wildman–Crippen LogP) is -0.0325. The van der Waals surface area contributed by atoms with Crippen LogP contribution in [0.1, 0.15) is 0 Å². The summed E-state index contributed by atoms with van der Waals surface area (Å²) < 4.78 is 0. The molecule has 0 aliphatic carbocycles. The monoisotopic (exact) mass is 793 g/mol. The van der Waals surface area contributed by atoms with Crippen LogP contribution in [0, 0.1) is 0 Å². The third kappa shape index (κ3) is 117. The van der Waals surface area contributed by atoms with Crippen LogP contribution in [0.2, 0.25) is 0 Å². The summed E-state index contributed by atoms with van der Waals surface area (Å²) in [6.07, 6.45) is 0. The average molecular weight is 802 g/mol. The summed E-state index contributed by atoms with van der Waals surface area (Å²) in [5.74, 6) is 0. The molecule has 0 nitrogen and oxygen atoms in total. The fourth-order valence-electron chi connectivity index (χ4n) is 0. The van der Waals surface area contributed by atoms with E-state index in [0.29, 0.717) is 0 Å². The summed E-state index contributed by atoms with van der Waals surface area (Å²) in [4.78, 5) is 0. The van der Waals surface area contributed by atoms with Crippen molar-refractivity contribution in [2.75, 3.05) is 0 Å². The first-order valence-corrected chi connectivity index (χ1v) is 0. The van der Waals surface area contributed by atoms with E-state index < -0.39 is 0 Å². The van der Waals surface area contributed by atoms with Crippen LogP contribution in [-0.4, -0.2) is 0 Å². The maximum Gasteiger partial charge on any atom is 0 e. The van der Waals surface area contributed by atoms with E-state index in [1.807, 2.05) is 0 Å². The zero-order chi connectivity index (χ0) is 0. The second-order valence-electron chi connectivity index (χ2n) is 0. The topological polar surface area (TPSA) is 0 Å².